The Balaban J connectivity index is 1.81. The van der Waals surface area contributed by atoms with Crippen molar-refractivity contribution in [3.8, 4) is 11.5 Å². The van der Waals surface area contributed by atoms with E-state index < -0.39 is 32.3 Å². The Hall–Kier alpha value is -2.59. The minimum absolute atomic E-state index is 0.0472. The largest absolute Gasteiger partial charge is 0.480 e. The first-order valence-corrected chi connectivity index (χ1v) is 10.2. The molecule has 0 aliphatic carbocycles. The Bertz CT molecular complexity index is 980. The molecule has 10 heteroatoms. The van der Waals surface area contributed by atoms with Gasteiger partial charge in [-0.1, -0.05) is 0 Å². The van der Waals surface area contributed by atoms with Crippen molar-refractivity contribution in [1.82, 2.24) is 5.32 Å². The van der Waals surface area contributed by atoms with Crippen LogP contribution < -0.4 is 10.1 Å². The second kappa shape index (κ2) is 7.68. The van der Waals surface area contributed by atoms with E-state index in [0.717, 1.165) is 24.3 Å². The third-order valence-electron chi connectivity index (χ3n) is 4.87. The number of carboxylic acids is 1. The van der Waals surface area contributed by atoms with Crippen molar-refractivity contribution in [2.24, 2.45) is 0 Å². The molecule has 0 aromatic heterocycles. The maximum Gasteiger partial charge on any atom is 0.416 e. The van der Waals surface area contributed by atoms with Crippen molar-refractivity contribution in [3.05, 3.63) is 54.1 Å². The van der Waals surface area contributed by atoms with Crippen LogP contribution in [-0.2, 0) is 20.8 Å². The first-order chi connectivity index (χ1) is 13.6. The normalized spacial score (nSPS) is 16.9. The monoisotopic (exact) mass is 429 g/mol. The topological polar surface area (TPSA) is 92.7 Å². The van der Waals surface area contributed by atoms with Gasteiger partial charge in [0.2, 0.25) is 0 Å². The van der Waals surface area contributed by atoms with Crippen LogP contribution in [0.4, 0.5) is 13.2 Å². The number of carbonyl (C=O) groups is 1. The van der Waals surface area contributed by atoms with E-state index in [-0.39, 0.29) is 42.3 Å². The average molecular weight is 429 g/mol. The van der Waals surface area contributed by atoms with Crippen LogP contribution in [0, 0.1) is 0 Å². The van der Waals surface area contributed by atoms with E-state index in [9.17, 15) is 31.5 Å². The highest BCUT2D eigenvalue weighted by atomic mass is 32.2. The lowest BCUT2D eigenvalue weighted by Crippen LogP contribution is -2.53. The summed E-state index contributed by atoms with van der Waals surface area (Å²) in [6.45, 7) is 0.557. The summed E-state index contributed by atoms with van der Waals surface area (Å²) in [5.41, 5.74) is -0.813. The quantitative estimate of drug-likeness (QED) is 0.756. The fourth-order valence-corrected chi connectivity index (χ4v) is 5.11. The summed E-state index contributed by atoms with van der Waals surface area (Å²) in [6, 6.07) is 9.21. The maximum absolute atomic E-state index is 13.0. The van der Waals surface area contributed by atoms with Gasteiger partial charge in [0.25, 0.3) is 0 Å². The van der Waals surface area contributed by atoms with Gasteiger partial charge >= 0.3 is 12.1 Å². The van der Waals surface area contributed by atoms with Crippen LogP contribution >= 0.6 is 0 Å². The lowest BCUT2D eigenvalue weighted by molar-refractivity contribution is -0.141. The number of benzene rings is 2. The molecule has 0 unspecified atom stereocenters. The highest BCUT2D eigenvalue weighted by Crippen LogP contribution is 2.35. The molecule has 3 rings (SSSR count). The predicted octanol–water partition coefficient (Wildman–Crippen LogP) is 3.48. The van der Waals surface area contributed by atoms with Crippen molar-refractivity contribution < 1.29 is 36.2 Å². The highest BCUT2D eigenvalue weighted by Gasteiger charge is 2.52. The minimum atomic E-state index is -4.46. The molecule has 2 N–H and O–H groups in total. The fraction of sp³-hybridized carbons (Fsp3) is 0.316. The summed E-state index contributed by atoms with van der Waals surface area (Å²) in [7, 11) is -4.15. The summed E-state index contributed by atoms with van der Waals surface area (Å²) in [5.74, 6) is -1.03. The Morgan fingerprint density at radius 1 is 0.966 bits per heavy atom. The number of sulfone groups is 1. The highest BCUT2D eigenvalue weighted by molar-refractivity contribution is 7.93. The number of hydrogen-bond donors (Lipinski definition) is 2. The molecule has 0 bridgehead atoms. The van der Waals surface area contributed by atoms with Crippen LogP contribution in [0.1, 0.15) is 18.4 Å². The van der Waals surface area contributed by atoms with E-state index in [1.54, 1.807) is 0 Å². The van der Waals surface area contributed by atoms with Gasteiger partial charge in [-0.3, -0.25) is 4.79 Å². The number of nitrogens with one attached hydrogen (secondary N) is 1. The molecule has 0 radical (unpaired) electrons. The number of halogens is 3. The molecule has 1 heterocycles. The summed E-state index contributed by atoms with van der Waals surface area (Å²) in [5, 5.41) is 12.6. The van der Waals surface area contributed by atoms with E-state index in [0.29, 0.717) is 0 Å². The van der Waals surface area contributed by atoms with Gasteiger partial charge in [-0.15, -0.1) is 0 Å². The van der Waals surface area contributed by atoms with Gasteiger partial charge in [-0.05, 0) is 74.5 Å². The molecule has 1 aliphatic heterocycles. The number of ether oxygens (including phenoxy) is 1. The van der Waals surface area contributed by atoms with Crippen LogP contribution in [0.2, 0.25) is 0 Å². The molecule has 156 valence electrons. The molecular formula is C19H18F3NO5S. The van der Waals surface area contributed by atoms with Gasteiger partial charge < -0.3 is 15.2 Å². The second-order valence-electron chi connectivity index (χ2n) is 6.65. The SMILES string of the molecule is O=C(O)C1(S(=O)(=O)c2ccc(Oc3ccc(C(F)(F)F)cc3)cc2)CCNCC1. The summed E-state index contributed by atoms with van der Waals surface area (Å²) < 4.78 is 67.3. The van der Waals surface area contributed by atoms with Gasteiger partial charge in [0.05, 0.1) is 10.5 Å². The zero-order valence-corrected chi connectivity index (χ0v) is 15.9. The molecule has 1 saturated heterocycles. The van der Waals surface area contributed by atoms with E-state index in [1.165, 1.54) is 24.3 Å². The molecule has 0 atom stereocenters. The lowest BCUT2D eigenvalue weighted by Gasteiger charge is -2.33. The zero-order chi connectivity index (χ0) is 21.3. The molecule has 0 amide bonds. The van der Waals surface area contributed by atoms with Gasteiger partial charge in [0, 0.05) is 0 Å². The Morgan fingerprint density at radius 2 is 1.45 bits per heavy atom. The molecule has 2 aromatic rings. The number of piperidine rings is 1. The van der Waals surface area contributed by atoms with Crippen molar-refractivity contribution in [2.75, 3.05) is 13.1 Å². The second-order valence-corrected chi connectivity index (χ2v) is 8.91. The Morgan fingerprint density at radius 3 is 1.90 bits per heavy atom. The van der Waals surface area contributed by atoms with Crippen molar-refractivity contribution in [3.63, 3.8) is 0 Å². The first kappa shape index (κ1) is 21.1. The summed E-state index contributed by atoms with van der Waals surface area (Å²) in [6.07, 6.45) is -4.55. The number of carboxylic acid groups (broad SMARTS) is 1. The van der Waals surface area contributed by atoms with Crippen molar-refractivity contribution >= 4 is 15.8 Å². The maximum atomic E-state index is 13.0. The van der Waals surface area contributed by atoms with Crippen LogP contribution in [0.15, 0.2) is 53.4 Å². The standard InChI is InChI=1S/C19H18F3NO5S/c20-19(21,22)13-1-3-14(4-2-13)28-15-5-7-16(8-6-15)29(26,27)18(17(24)25)9-11-23-12-10-18/h1-8,23H,9-12H2,(H,24,25). The summed E-state index contributed by atoms with van der Waals surface area (Å²) >= 11 is 0. The minimum Gasteiger partial charge on any atom is -0.480 e. The van der Waals surface area contributed by atoms with Crippen LogP contribution in [0.5, 0.6) is 11.5 Å². The number of hydrogen-bond acceptors (Lipinski definition) is 5. The fourth-order valence-electron chi connectivity index (χ4n) is 3.19. The molecule has 6 nitrogen and oxygen atoms in total. The molecule has 1 fully saturated rings. The van der Waals surface area contributed by atoms with Gasteiger partial charge in [0.15, 0.2) is 14.6 Å². The lowest BCUT2D eigenvalue weighted by atomic mass is 9.97. The van der Waals surface area contributed by atoms with E-state index in [1.807, 2.05) is 0 Å². The summed E-state index contributed by atoms with van der Waals surface area (Å²) in [4.78, 5) is 11.6. The van der Waals surface area contributed by atoms with Crippen LogP contribution in [-0.4, -0.2) is 37.3 Å². The molecule has 0 saturated carbocycles. The van der Waals surface area contributed by atoms with Crippen molar-refractivity contribution in [2.45, 2.75) is 28.7 Å². The van der Waals surface area contributed by atoms with E-state index in [2.05, 4.69) is 5.32 Å². The van der Waals surface area contributed by atoms with Crippen LogP contribution in [0.3, 0.4) is 0 Å². The number of alkyl halides is 3. The zero-order valence-electron chi connectivity index (χ0n) is 15.1. The number of aliphatic carboxylic acids is 1. The molecular weight excluding hydrogens is 411 g/mol. The van der Waals surface area contributed by atoms with Gasteiger partial charge in [0.1, 0.15) is 11.5 Å². The molecule has 1 aliphatic rings. The third-order valence-corrected chi connectivity index (χ3v) is 7.37. The first-order valence-electron chi connectivity index (χ1n) is 8.70. The molecule has 0 spiro atoms. The molecule has 29 heavy (non-hydrogen) atoms. The average Bonchev–Trinajstić information content (AvgIpc) is 2.68. The molecule has 2 aromatic carbocycles. The van der Waals surface area contributed by atoms with Crippen LogP contribution in [0.25, 0.3) is 0 Å². The third kappa shape index (κ3) is 4.08. The van der Waals surface area contributed by atoms with Gasteiger partial charge in [-0.25, -0.2) is 8.42 Å². The predicted molar refractivity (Wildman–Crippen MR) is 97.6 cm³/mol. The van der Waals surface area contributed by atoms with E-state index >= 15 is 0 Å². The Labute approximate surface area is 165 Å². The van der Waals surface area contributed by atoms with E-state index in [4.69, 9.17) is 4.74 Å². The van der Waals surface area contributed by atoms with Crippen molar-refractivity contribution in [1.29, 1.82) is 0 Å². The van der Waals surface area contributed by atoms with Gasteiger partial charge in [-0.2, -0.15) is 13.2 Å². The number of rotatable bonds is 5. The Kier molecular flexibility index (Phi) is 5.59. The smallest absolute Gasteiger partial charge is 0.416 e.